The predicted octanol–water partition coefficient (Wildman–Crippen LogP) is 0.496. The van der Waals surface area contributed by atoms with Gasteiger partial charge in [-0.05, 0) is 12.8 Å². The predicted molar refractivity (Wildman–Crippen MR) is 80.5 cm³/mol. The molecule has 138 valence electrons. The molecular weight excluding hydrogens is 324 g/mol. The van der Waals surface area contributed by atoms with Crippen LogP contribution >= 0.6 is 0 Å². The molecule has 0 heterocycles. The van der Waals surface area contributed by atoms with Gasteiger partial charge in [0.25, 0.3) is 0 Å². The molecule has 1 unspecified atom stereocenters. The molecule has 9 nitrogen and oxygen atoms in total. The molecule has 0 rings (SSSR count). The normalized spacial score (nSPS) is 13.8. The number of aliphatic carboxylic acids is 2. The van der Waals surface area contributed by atoms with Gasteiger partial charge in [-0.15, -0.1) is 0 Å². The summed E-state index contributed by atoms with van der Waals surface area (Å²) in [6.45, 7) is 1.82. The molecule has 9 heteroatoms. The monoisotopic (exact) mass is 348 g/mol. The summed E-state index contributed by atoms with van der Waals surface area (Å²) < 4.78 is 14.5. The Hall–Kier alpha value is -2.00. The number of carboxylic acid groups (broad SMARTS) is 2. The van der Waals surface area contributed by atoms with Gasteiger partial charge in [-0.2, -0.15) is 0 Å². The van der Waals surface area contributed by atoms with Gasteiger partial charge in [-0.1, -0.05) is 13.8 Å². The van der Waals surface area contributed by atoms with E-state index >= 15 is 0 Å². The van der Waals surface area contributed by atoms with Crippen LogP contribution < -0.4 is 0 Å². The molecule has 0 bridgehead atoms. The van der Waals surface area contributed by atoms with Crippen molar-refractivity contribution in [3.05, 3.63) is 0 Å². The van der Waals surface area contributed by atoms with Gasteiger partial charge in [-0.3, -0.25) is 14.4 Å². The molecule has 0 spiro atoms. The van der Waals surface area contributed by atoms with Crippen LogP contribution in [0.15, 0.2) is 0 Å². The maximum Gasteiger partial charge on any atom is 0.333 e. The quantitative estimate of drug-likeness (QED) is 0.483. The zero-order valence-corrected chi connectivity index (χ0v) is 14.3. The van der Waals surface area contributed by atoms with E-state index in [1.54, 1.807) is 0 Å². The van der Waals surface area contributed by atoms with Crippen molar-refractivity contribution >= 4 is 23.7 Å². The average Bonchev–Trinajstić information content (AvgIpc) is 2.48. The molecule has 0 radical (unpaired) electrons. The highest BCUT2D eigenvalue weighted by atomic mass is 16.6. The summed E-state index contributed by atoms with van der Waals surface area (Å²) in [6.07, 6.45) is -1.23. The van der Waals surface area contributed by atoms with Crippen LogP contribution in [0.5, 0.6) is 0 Å². The number of carboxylic acids is 2. The molecule has 0 fully saturated rings. The second kappa shape index (κ2) is 9.33. The van der Waals surface area contributed by atoms with Crippen LogP contribution in [0.1, 0.15) is 33.1 Å². The van der Waals surface area contributed by atoms with Gasteiger partial charge in [0.2, 0.25) is 5.78 Å². The second-order valence-electron chi connectivity index (χ2n) is 5.26. The van der Waals surface area contributed by atoms with Gasteiger partial charge in [0.05, 0.1) is 6.42 Å². The first-order chi connectivity index (χ1) is 11.2. The molecule has 0 amide bonds. The number of carbonyl (C=O) groups is 4. The van der Waals surface area contributed by atoms with Gasteiger partial charge in [0.15, 0.2) is 5.60 Å². The van der Waals surface area contributed by atoms with Gasteiger partial charge in [0, 0.05) is 14.2 Å². The number of methoxy groups -OCH3 is 2. The Labute approximate surface area is 139 Å². The van der Waals surface area contributed by atoms with E-state index in [-0.39, 0.29) is 12.8 Å². The van der Waals surface area contributed by atoms with Crippen LogP contribution in [0.2, 0.25) is 0 Å². The van der Waals surface area contributed by atoms with Crippen molar-refractivity contribution in [2.24, 2.45) is 5.41 Å². The molecule has 0 aromatic carbocycles. The van der Waals surface area contributed by atoms with Crippen LogP contribution in [0.3, 0.4) is 0 Å². The number of hydrogen-bond donors (Lipinski definition) is 2. The van der Waals surface area contributed by atoms with Crippen LogP contribution in [0.25, 0.3) is 0 Å². The summed E-state index contributed by atoms with van der Waals surface area (Å²) >= 11 is 0. The molecule has 0 aliphatic rings. The van der Waals surface area contributed by atoms with Crippen molar-refractivity contribution in [1.82, 2.24) is 0 Å². The first kappa shape index (κ1) is 22.0. The summed E-state index contributed by atoms with van der Waals surface area (Å²) in [6, 6.07) is 0. The highest BCUT2D eigenvalue weighted by Gasteiger charge is 2.63. The fraction of sp³-hybridized carbons (Fsp3) is 0.733. The number of ketones is 1. The lowest BCUT2D eigenvalue weighted by Gasteiger charge is -2.44. The Kier molecular flexibility index (Phi) is 8.56. The third-order valence-electron chi connectivity index (χ3n) is 4.07. The summed E-state index contributed by atoms with van der Waals surface area (Å²) in [4.78, 5) is 47.9. The van der Waals surface area contributed by atoms with E-state index in [2.05, 4.69) is 4.74 Å². The Bertz CT molecular complexity index is 481. The minimum Gasteiger partial charge on any atom is -0.481 e. The molecular formula is C15H24O9. The van der Waals surface area contributed by atoms with Crippen LogP contribution in [0, 0.1) is 5.41 Å². The number of Topliss-reactive ketones (excluding diaryl/α,β-unsaturated/α-hetero) is 1. The Morgan fingerprint density at radius 3 is 1.75 bits per heavy atom. The summed E-state index contributed by atoms with van der Waals surface area (Å²) in [7, 11) is 2.40. The Balaban J connectivity index is 6.43. The number of hydrogen-bond acceptors (Lipinski definition) is 7. The maximum atomic E-state index is 12.6. The van der Waals surface area contributed by atoms with Gasteiger partial charge >= 0.3 is 17.9 Å². The molecule has 0 aromatic rings. The van der Waals surface area contributed by atoms with Gasteiger partial charge < -0.3 is 24.4 Å². The molecule has 1 atom stereocenters. The van der Waals surface area contributed by atoms with Gasteiger partial charge in [0.1, 0.15) is 18.6 Å². The van der Waals surface area contributed by atoms with Crippen molar-refractivity contribution in [1.29, 1.82) is 0 Å². The van der Waals surface area contributed by atoms with Crippen molar-refractivity contribution < 1.29 is 43.6 Å². The van der Waals surface area contributed by atoms with Crippen LogP contribution in [-0.2, 0) is 33.4 Å². The third kappa shape index (κ3) is 4.30. The molecule has 2 N–H and O–H groups in total. The smallest absolute Gasteiger partial charge is 0.333 e. The maximum absolute atomic E-state index is 12.6. The largest absolute Gasteiger partial charge is 0.481 e. The fourth-order valence-corrected chi connectivity index (χ4v) is 2.82. The minimum atomic E-state index is -2.40. The number of esters is 1. The van der Waals surface area contributed by atoms with E-state index in [0.29, 0.717) is 0 Å². The van der Waals surface area contributed by atoms with E-state index in [0.717, 1.165) is 0 Å². The summed E-state index contributed by atoms with van der Waals surface area (Å²) in [5.41, 5.74) is -4.32. The van der Waals surface area contributed by atoms with Crippen molar-refractivity contribution in [2.75, 3.05) is 27.4 Å². The van der Waals surface area contributed by atoms with Crippen molar-refractivity contribution in [2.45, 2.75) is 38.7 Å². The minimum absolute atomic E-state index is 0.123. The fourth-order valence-electron chi connectivity index (χ4n) is 2.82. The van der Waals surface area contributed by atoms with Crippen molar-refractivity contribution in [3.63, 3.8) is 0 Å². The first-order valence-corrected chi connectivity index (χ1v) is 7.35. The first-order valence-electron chi connectivity index (χ1n) is 7.35. The Morgan fingerprint density at radius 1 is 0.917 bits per heavy atom. The number of rotatable bonds is 12. The lowest BCUT2D eigenvalue weighted by Crippen LogP contribution is -2.62. The molecule has 24 heavy (non-hydrogen) atoms. The summed E-state index contributed by atoms with van der Waals surface area (Å²) in [5.74, 6) is -4.86. The zero-order chi connectivity index (χ0) is 19.0. The summed E-state index contributed by atoms with van der Waals surface area (Å²) in [5, 5.41) is 19.0. The topological polar surface area (TPSA) is 136 Å². The molecule has 0 aromatic heterocycles. The second-order valence-corrected chi connectivity index (χ2v) is 5.26. The zero-order valence-electron chi connectivity index (χ0n) is 14.3. The van der Waals surface area contributed by atoms with E-state index in [1.807, 2.05) is 0 Å². The highest BCUT2D eigenvalue weighted by Crippen LogP contribution is 2.45. The lowest BCUT2D eigenvalue weighted by atomic mass is 9.64. The van der Waals surface area contributed by atoms with Crippen LogP contribution in [-0.4, -0.2) is 66.9 Å². The molecule has 0 aliphatic heterocycles. The molecule has 0 saturated heterocycles. The SMILES string of the molecule is CCC(CC)(C(=O)O)C(CC(=O)O)(OC(=O)COC)C(=O)COC. The Morgan fingerprint density at radius 2 is 1.42 bits per heavy atom. The van der Waals surface area contributed by atoms with E-state index < -0.39 is 54.3 Å². The average molecular weight is 348 g/mol. The van der Waals surface area contributed by atoms with E-state index in [4.69, 9.17) is 9.47 Å². The van der Waals surface area contributed by atoms with Crippen LogP contribution in [0.4, 0.5) is 0 Å². The standard InChI is InChI=1S/C15H24O9/c1-5-14(6-2,13(20)21)15(7-11(17)18,10(16)8-22-3)24-12(19)9-23-4/h5-9H2,1-4H3,(H,17,18)(H,20,21). The van der Waals surface area contributed by atoms with E-state index in [1.165, 1.54) is 28.1 Å². The third-order valence-corrected chi connectivity index (χ3v) is 4.07. The van der Waals surface area contributed by atoms with E-state index in [9.17, 15) is 29.4 Å². The van der Waals surface area contributed by atoms with Crippen molar-refractivity contribution in [3.8, 4) is 0 Å². The highest BCUT2D eigenvalue weighted by molar-refractivity contribution is 5.99. The lowest BCUT2D eigenvalue weighted by molar-refractivity contribution is -0.202. The number of carbonyl (C=O) groups excluding carboxylic acids is 2. The van der Waals surface area contributed by atoms with Gasteiger partial charge in [-0.25, -0.2) is 4.79 Å². The molecule has 0 aliphatic carbocycles. The number of ether oxygens (including phenoxy) is 3. The molecule has 0 saturated carbocycles.